The van der Waals surface area contributed by atoms with Gasteiger partial charge < -0.3 is 5.32 Å². The zero-order chi connectivity index (χ0) is 11.5. The van der Waals surface area contributed by atoms with Gasteiger partial charge in [-0.05, 0) is 25.2 Å². The van der Waals surface area contributed by atoms with Crippen LogP contribution in [0.5, 0.6) is 0 Å². The molecule has 0 unspecified atom stereocenters. The Balaban J connectivity index is 2.37. The van der Waals surface area contributed by atoms with Crippen molar-refractivity contribution in [3.63, 3.8) is 0 Å². The van der Waals surface area contributed by atoms with Crippen LogP contribution < -0.4 is 5.32 Å². The molecule has 1 aromatic heterocycles. The highest BCUT2D eigenvalue weighted by molar-refractivity contribution is 6.31. The van der Waals surface area contributed by atoms with Crippen molar-refractivity contribution in [2.45, 2.75) is 6.54 Å². The summed E-state index contributed by atoms with van der Waals surface area (Å²) in [5, 5.41) is 7.80. The summed E-state index contributed by atoms with van der Waals surface area (Å²) in [6.45, 7) is 0.584. The van der Waals surface area contributed by atoms with E-state index >= 15 is 0 Å². The second-order valence-corrected chi connectivity index (χ2v) is 3.79. The molecule has 0 fully saturated rings. The Labute approximate surface area is 97.8 Å². The van der Waals surface area contributed by atoms with Gasteiger partial charge in [-0.3, -0.25) is 0 Å². The van der Waals surface area contributed by atoms with Crippen LogP contribution in [0.1, 0.15) is 5.69 Å². The molecule has 1 aromatic carbocycles. The molecule has 1 heterocycles. The molecular weight excluding hydrogens is 229 g/mol. The lowest BCUT2D eigenvalue weighted by Crippen LogP contribution is -2.06. The molecule has 2 rings (SSSR count). The van der Waals surface area contributed by atoms with Crippen molar-refractivity contribution in [3.8, 4) is 5.69 Å². The molecule has 1 N–H and O–H groups in total. The monoisotopic (exact) mass is 239 g/mol. The Bertz CT molecular complexity index is 496. The average Bonchev–Trinajstić information content (AvgIpc) is 2.61. The molecule has 0 saturated heterocycles. The summed E-state index contributed by atoms with van der Waals surface area (Å²) in [7, 11) is 1.82. The maximum Gasteiger partial charge on any atom is 0.125 e. The summed E-state index contributed by atoms with van der Waals surface area (Å²) >= 11 is 6.00. The van der Waals surface area contributed by atoms with Crippen LogP contribution in [0.4, 0.5) is 4.39 Å². The molecule has 0 bridgehead atoms. The second-order valence-electron chi connectivity index (χ2n) is 3.38. The van der Waals surface area contributed by atoms with E-state index in [0.29, 0.717) is 17.3 Å². The van der Waals surface area contributed by atoms with Crippen molar-refractivity contribution in [3.05, 3.63) is 47.0 Å². The highest BCUT2D eigenvalue weighted by atomic mass is 35.5. The summed E-state index contributed by atoms with van der Waals surface area (Å²) in [6, 6.07) is 6.21. The summed E-state index contributed by atoms with van der Waals surface area (Å²) < 4.78 is 14.6. The second kappa shape index (κ2) is 4.63. The lowest BCUT2D eigenvalue weighted by Gasteiger charge is -2.00. The Morgan fingerprint density at radius 1 is 1.50 bits per heavy atom. The highest BCUT2D eigenvalue weighted by Crippen LogP contribution is 2.17. The van der Waals surface area contributed by atoms with Crippen LogP contribution in [0.25, 0.3) is 5.69 Å². The third-order valence-corrected chi connectivity index (χ3v) is 2.47. The predicted octanol–water partition coefficient (Wildman–Crippen LogP) is 2.38. The molecule has 0 radical (unpaired) electrons. The maximum absolute atomic E-state index is 13.0. The fraction of sp³-hybridized carbons (Fsp3) is 0.182. The normalized spacial score (nSPS) is 10.7. The molecule has 0 aliphatic heterocycles. The fourth-order valence-corrected chi connectivity index (χ4v) is 1.62. The fourth-order valence-electron chi connectivity index (χ4n) is 1.43. The van der Waals surface area contributed by atoms with Crippen LogP contribution in [0.15, 0.2) is 30.5 Å². The molecule has 0 amide bonds. The van der Waals surface area contributed by atoms with Gasteiger partial charge in [-0.2, -0.15) is 5.10 Å². The van der Waals surface area contributed by atoms with E-state index < -0.39 is 0 Å². The lowest BCUT2D eigenvalue weighted by atomic mass is 10.3. The molecule has 0 spiro atoms. The minimum atomic E-state index is -0.292. The van der Waals surface area contributed by atoms with E-state index in [1.807, 2.05) is 7.05 Å². The van der Waals surface area contributed by atoms with E-state index in [0.717, 1.165) is 5.69 Å². The van der Waals surface area contributed by atoms with Crippen LogP contribution in [-0.2, 0) is 6.54 Å². The van der Waals surface area contributed by atoms with Gasteiger partial charge in [0.25, 0.3) is 0 Å². The number of halogens is 2. The van der Waals surface area contributed by atoms with Gasteiger partial charge in [-0.15, -0.1) is 0 Å². The van der Waals surface area contributed by atoms with Gasteiger partial charge in [-0.1, -0.05) is 17.7 Å². The number of hydrogen-bond acceptors (Lipinski definition) is 2. The first-order valence-electron chi connectivity index (χ1n) is 4.85. The quantitative estimate of drug-likeness (QED) is 0.891. The van der Waals surface area contributed by atoms with Gasteiger partial charge in [0.15, 0.2) is 0 Å². The molecule has 0 aliphatic carbocycles. The van der Waals surface area contributed by atoms with E-state index in [2.05, 4.69) is 10.4 Å². The van der Waals surface area contributed by atoms with E-state index in [9.17, 15) is 4.39 Å². The van der Waals surface area contributed by atoms with Crippen LogP contribution in [-0.4, -0.2) is 16.8 Å². The van der Waals surface area contributed by atoms with Gasteiger partial charge in [0, 0.05) is 12.7 Å². The Kier molecular flexibility index (Phi) is 3.22. The number of benzene rings is 1. The number of hydrogen-bond donors (Lipinski definition) is 1. The molecule has 0 saturated carbocycles. The SMILES string of the molecule is CNCc1nn(-c2cccc(F)c2)cc1Cl. The van der Waals surface area contributed by atoms with Gasteiger partial charge in [-0.25, -0.2) is 9.07 Å². The molecule has 5 heteroatoms. The average molecular weight is 240 g/mol. The van der Waals surface area contributed by atoms with Gasteiger partial charge in [0.2, 0.25) is 0 Å². The molecule has 3 nitrogen and oxygen atoms in total. The minimum Gasteiger partial charge on any atom is -0.314 e. The zero-order valence-electron chi connectivity index (χ0n) is 8.74. The van der Waals surface area contributed by atoms with Crippen molar-refractivity contribution < 1.29 is 4.39 Å². The molecular formula is C11H11ClFN3. The molecule has 2 aromatic rings. The van der Waals surface area contributed by atoms with Gasteiger partial charge >= 0.3 is 0 Å². The highest BCUT2D eigenvalue weighted by Gasteiger charge is 2.07. The smallest absolute Gasteiger partial charge is 0.125 e. The summed E-state index contributed by atoms with van der Waals surface area (Å²) in [6.07, 6.45) is 1.67. The molecule has 16 heavy (non-hydrogen) atoms. The first kappa shape index (κ1) is 11.1. The number of nitrogens with zero attached hydrogens (tertiary/aromatic N) is 2. The number of rotatable bonds is 3. The van der Waals surface area contributed by atoms with E-state index in [1.54, 1.807) is 23.0 Å². The molecule has 84 valence electrons. The Hall–Kier alpha value is -1.39. The van der Waals surface area contributed by atoms with Crippen LogP contribution in [0.3, 0.4) is 0 Å². The maximum atomic E-state index is 13.0. The number of aromatic nitrogens is 2. The first-order chi connectivity index (χ1) is 7.70. The van der Waals surface area contributed by atoms with Crippen molar-refractivity contribution in [2.24, 2.45) is 0 Å². The summed E-state index contributed by atoms with van der Waals surface area (Å²) in [5.41, 5.74) is 1.40. The van der Waals surface area contributed by atoms with Gasteiger partial charge in [0.1, 0.15) is 5.82 Å². The molecule has 0 atom stereocenters. The van der Waals surface area contributed by atoms with E-state index in [-0.39, 0.29) is 5.82 Å². The molecule has 0 aliphatic rings. The third kappa shape index (κ3) is 2.23. The lowest BCUT2D eigenvalue weighted by molar-refractivity contribution is 0.625. The minimum absolute atomic E-state index is 0.292. The van der Waals surface area contributed by atoms with Crippen LogP contribution in [0.2, 0.25) is 5.02 Å². The Morgan fingerprint density at radius 2 is 2.31 bits per heavy atom. The third-order valence-electron chi connectivity index (χ3n) is 2.16. The summed E-state index contributed by atoms with van der Waals surface area (Å²) in [4.78, 5) is 0. The number of nitrogens with one attached hydrogen (secondary N) is 1. The van der Waals surface area contributed by atoms with Gasteiger partial charge in [0.05, 0.1) is 16.4 Å². The topological polar surface area (TPSA) is 29.9 Å². The van der Waals surface area contributed by atoms with E-state index in [4.69, 9.17) is 11.6 Å². The van der Waals surface area contributed by atoms with E-state index in [1.165, 1.54) is 12.1 Å². The van der Waals surface area contributed by atoms with Crippen LogP contribution in [0, 0.1) is 5.82 Å². The predicted molar refractivity (Wildman–Crippen MR) is 61.3 cm³/mol. The largest absolute Gasteiger partial charge is 0.314 e. The van der Waals surface area contributed by atoms with Crippen molar-refractivity contribution in [1.82, 2.24) is 15.1 Å². The first-order valence-corrected chi connectivity index (χ1v) is 5.23. The van der Waals surface area contributed by atoms with Crippen molar-refractivity contribution in [1.29, 1.82) is 0 Å². The standard InChI is InChI=1S/C11H11ClFN3/c1-14-6-11-10(12)7-16(15-11)9-4-2-3-8(13)5-9/h2-5,7,14H,6H2,1H3. The van der Waals surface area contributed by atoms with Crippen molar-refractivity contribution in [2.75, 3.05) is 7.05 Å². The zero-order valence-corrected chi connectivity index (χ0v) is 9.50. The summed E-state index contributed by atoms with van der Waals surface area (Å²) in [5.74, 6) is -0.292. The van der Waals surface area contributed by atoms with Crippen LogP contribution >= 0.6 is 11.6 Å². The Morgan fingerprint density at radius 3 is 3.00 bits per heavy atom. The van der Waals surface area contributed by atoms with Crippen molar-refractivity contribution >= 4 is 11.6 Å².